The Balaban J connectivity index is 1.72. The van der Waals surface area contributed by atoms with Crippen molar-refractivity contribution in [2.45, 2.75) is 32.6 Å². The summed E-state index contributed by atoms with van der Waals surface area (Å²) in [6.07, 6.45) is 4.20. The molecule has 4 rings (SSSR count). The number of hydrogen-bond donors (Lipinski definition) is 1. The number of nitrogens with one attached hydrogen (secondary N) is 1. The Morgan fingerprint density at radius 1 is 1.11 bits per heavy atom. The molecule has 1 heterocycles. The van der Waals surface area contributed by atoms with Crippen LogP contribution in [-0.2, 0) is 12.8 Å². The Morgan fingerprint density at radius 2 is 1.89 bits per heavy atom. The lowest BCUT2D eigenvalue weighted by Gasteiger charge is -2.19. The number of carbonyl (C=O) groups is 1. The van der Waals surface area contributed by atoms with Gasteiger partial charge in [-0.3, -0.25) is 9.59 Å². The van der Waals surface area contributed by atoms with E-state index in [1.807, 2.05) is 24.3 Å². The quantitative estimate of drug-likeness (QED) is 0.720. The number of rotatable bonds is 3. The third kappa shape index (κ3) is 3.45. The van der Waals surface area contributed by atoms with Crippen molar-refractivity contribution in [2.24, 2.45) is 0 Å². The van der Waals surface area contributed by atoms with Crippen molar-refractivity contribution in [2.75, 3.05) is 5.32 Å². The van der Waals surface area contributed by atoms with E-state index in [-0.39, 0.29) is 5.69 Å². The van der Waals surface area contributed by atoms with Crippen molar-refractivity contribution in [3.05, 3.63) is 86.3 Å². The zero-order chi connectivity index (χ0) is 19.7. The second-order valence-electron chi connectivity index (χ2n) is 6.97. The standard InChI is InChI=1S/C22H20ClN3O2/c1-14-13-20(27)21(25-26(14)19-12-5-4-10-17(19)23)22(28)24-18-11-6-8-15-7-2-3-9-16(15)18/h4-6,8,10-13H,2-3,7,9H2,1H3,(H,24,28). The maximum atomic E-state index is 12.9. The van der Waals surface area contributed by atoms with Gasteiger partial charge in [0.15, 0.2) is 5.69 Å². The molecule has 2 aromatic carbocycles. The average molecular weight is 394 g/mol. The first kappa shape index (κ1) is 18.4. The van der Waals surface area contributed by atoms with Gasteiger partial charge in [0.1, 0.15) is 0 Å². The van der Waals surface area contributed by atoms with E-state index >= 15 is 0 Å². The van der Waals surface area contributed by atoms with E-state index in [9.17, 15) is 9.59 Å². The second-order valence-corrected chi connectivity index (χ2v) is 7.37. The third-order valence-corrected chi connectivity index (χ3v) is 5.37. The molecule has 0 bridgehead atoms. The Hall–Kier alpha value is -2.92. The lowest BCUT2D eigenvalue weighted by atomic mass is 9.90. The van der Waals surface area contributed by atoms with Crippen LogP contribution in [0.3, 0.4) is 0 Å². The fourth-order valence-corrected chi connectivity index (χ4v) is 3.87. The molecule has 1 amide bonds. The predicted octanol–water partition coefficient (Wildman–Crippen LogP) is 4.33. The number of fused-ring (bicyclic) bond motifs is 1. The summed E-state index contributed by atoms with van der Waals surface area (Å²) < 4.78 is 1.53. The van der Waals surface area contributed by atoms with Crippen molar-refractivity contribution < 1.29 is 4.79 Å². The summed E-state index contributed by atoms with van der Waals surface area (Å²) in [6, 6.07) is 14.5. The van der Waals surface area contributed by atoms with Crippen LogP contribution in [0, 0.1) is 6.92 Å². The van der Waals surface area contributed by atoms with Gasteiger partial charge in [0, 0.05) is 17.4 Å². The van der Waals surface area contributed by atoms with E-state index < -0.39 is 11.3 Å². The van der Waals surface area contributed by atoms with Gasteiger partial charge in [-0.1, -0.05) is 35.9 Å². The molecule has 0 unspecified atom stereocenters. The van der Waals surface area contributed by atoms with Crippen molar-refractivity contribution in [3.63, 3.8) is 0 Å². The van der Waals surface area contributed by atoms with Crippen molar-refractivity contribution >= 4 is 23.2 Å². The zero-order valence-electron chi connectivity index (χ0n) is 15.5. The number of anilines is 1. The number of nitrogens with zero attached hydrogens (tertiary/aromatic N) is 2. The molecular weight excluding hydrogens is 374 g/mol. The number of halogens is 1. The monoisotopic (exact) mass is 393 g/mol. The fraction of sp³-hybridized carbons (Fsp3) is 0.227. The summed E-state index contributed by atoms with van der Waals surface area (Å²) in [5, 5.41) is 7.70. The van der Waals surface area contributed by atoms with E-state index in [4.69, 9.17) is 11.6 Å². The molecule has 0 fully saturated rings. The van der Waals surface area contributed by atoms with Gasteiger partial charge in [-0.25, -0.2) is 4.68 Å². The van der Waals surface area contributed by atoms with Crippen LogP contribution in [0.5, 0.6) is 0 Å². The van der Waals surface area contributed by atoms with Crippen LogP contribution >= 0.6 is 11.6 Å². The zero-order valence-corrected chi connectivity index (χ0v) is 16.3. The van der Waals surface area contributed by atoms with Crippen LogP contribution in [0.25, 0.3) is 5.69 Å². The fourth-order valence-electron chi connectivity index (χ4n) is 3.65. The minimum absolute atomic E-state index is 0.154. The molecule has 1 aromatic heterocycles. The topological polar surface area (TPSA) is 64.0 Å². The van der Waals surface area contributed by atoms with Gasteiger partial charge >= 0.3 is 0 Å². The molecule has 1 N–H and O–H groups in total. The highest BCUT2D eigenvalue weighted by Crippen LogP contribution is 2.28. The van der Waals surface area contributed by atoms with Crippen LogP contribution in [0.1, 0.15) is 40.2 Å². The Labute approximate surface area is 168 Å². The molecule has 0 aliphatic heterocycles. The SMILES string of the molecule is Cc1cc(=O)c(C(=O)Nc2cccc3c2CCCC3)nn1-c1ccccc1Cl. The number of hydrogen-bond acceptors (Lipinski definition) is 3. The maximum absolute atomic E-state index is 12.9. The molecule has 0 saturated carbocycles. The van der Waals surface area contributed by atoms with E-state index in [1.165, 1.54) is 16.3 Å². The summed E-state index contributed by atoms with van der Waals surface area (Å²) in [5.74, 6) is -0.509. The van der Waals surface area contributed by atoms with Gasteiger partial charge in [0.25, 0.3) is 5.91 Å². The second kappa shape index (κ2) is 7.60. The molecule has 142 valence electrons. The first-order valence-corrected chi connectivity index (χ1v) is 9.70. The van der Waals surface area contributed by atoms with Gasteiger partial charge in [-0.2, -0.15) is 5.10 Å². The van der Waals surface area contributed by atoms with E-state index in [2.05, 4.69) is 16.5 Å². The Bertz CT molecular complexity index is 1120. The Morgan fingerprint density at radius 3 is 2.71 bits per heavy atom. The predicted molar refractivity (Wildman–Crippen MR) is 111 cm³/mol. The average Bonchev–Trinajstić information content (AvgIpc) is 2.69. The van der Waals surface area contributed by atoms with E-state index in [0.29, 0.717) is 16.4 Å². The largest absolute Gasteiger partial charge is 0.320 e. The number of para-hydroxylation sites is 1. The van der Waals surface area contributed by atoms with Crippen LogP contribution in [0.15, 0.2) is 53.3 Å². The molecule has 0 spiro atoms. The molecule has 28 heavy (non-hydrogen) atoms. The van der Waals surface area contributed by atoms with Crippen molar-refractivity contribution in [3.8, 4) is 5.69 Å². The maximum Gasteiger partial charge on any atom is 0.280 e. The van der Waals surface area contributed by atoms with Gasteiger partial charge in [0.2, 0.25) is 5.43 Å². The van der Waals surface area contributed by atoms with Gasteiger partial charge in [0.05, 0.1) is 10.7 Å². The minimum atomic E-state index is -0.509. The Kier molecular flexibility index (Phi) is 5.01. The van der Waals surface area contributed by atoms with Gasteiger partial charge in [-0.05, 0) is 61.9 Å². The number of carbonyl (C=O) groups excluding carboxylic acids is 1. The molecule has 6 heteroatoms. The number of aromatic nitrogens is 2. The summed E-state index contributed by atoms with van der Waals surface area (Å²) in [4.78, 5) is 25.3. The van der Waals surface area contributed by atoms with Crippen molar-refractivity contribution in [1.82, 2.24) is 9.78 Å². The lowest BCUT2D eigenvalue weighted by Crippen LogP contribution is -2.27. The first-order valence-electron chi connectivity index (χ1n) is 9.32. The first-order chi connectivity index (χ1) is 13.5. The van der Waals surface area contributed by atoms with E-state index in [0.717, 1.165) is 36.9 Å². The molecule has 0 atom stereocenters. The van der Waals surface area contributed by atoms with Gasteiger partial charge < -0.3 is 5.32 Å². The van der Waals surface area contributed by atoms with Crippen LogP contribution in [0.2, 0.25) is 5.02 Å². The summed E-state index contributed by atoms with van der Waals surface area (Å²) in [7, 11) is 0. The number of aryl methyl sites for hydroxylation is 2. The smallest absolute Gasteiger partial charge is 0.280 e. The lowest BCUT2D eigenvalue weighted by molar-refractivity contribution is 0.101. The number of amides is 1. The normalized spacial score (nSPS) is 13.1. The van der Waals surface area contributed by atoms with Crippen LogP contribution in [-0.4, -0.2) is 15.7 Å². The summed E-state index contributed by atoms with van der Waals surface area (Å²) in [5.41, 5.74) is 3.82. The van der Waals surface area contributed by atoms with Gasteiger partial charge in [-0.15, -0.1) is 0 Å². The molecule has 1 aliphatic carbocycles. The van der Waals surface area contributed by atoms with Crippen LogP contribution in [0.4, 0.5) is 5.69 Å². The molecule has 0 radical (unpaired) electrons. The number of benzene rings is 2. The summed E-state index contributed by atoms with van der Waals surface area (Å²) in [6.45, 7) is 1.76. The molecule has 5 nitrogen and oxygen atoms in total. The molecular formula is C22H20ClN3O2. The molecule has 1 aliphatic rings. The molecule has 0 saturated heterocycles. The van der Waals surface area contributed by atoms with Crippen molar-refractivity contribution in [1.29, 1.82) is 0 Å². The molecule has 3 aromatic rings. The summed E-state index contributed by atoms with van der Waals surface area (Å²) >= 11 is 6.27. The third-order valence-electron chi connectivity index (χ3n) is 5.05. The minimum Gasteiger partial charge on any atom is -0.320 e. The highest BCUT2D eigenvalue weighted by atomic mass is 35.5. The van der Waals surface area contributed by atoms with Crippen LogP contribution < -0.4 is 10.7 Å². The highest BCUT2D eigenvalue weighted by Gasteiger charge is 2.19. The highest BCUT2D eigenvalue weighted by molar-refractivity contribution is 6.32. The van der Waals surface area contributed by atoms with E-state index in [1.54, 1.807) is 19.1 Å².